The Morgan fingerprint density at radius 1 is 1.08 bits per heavy atom. The number of piperidine rings is 1. The lowest BCUT2D eigenvalue weighted by Gasteiger charge is -2.41. The third kappa shape index (κ3) is 6.81. The average molecular weight is 508 g/mol. The Balaban J connectivity index is 1.44. The zero-order chi connectivity index (χ0) is 26.5. The molecule has 1 fully saturated rings. The molecule has 8 heteroatoms. The minimum absolute atomic E-state index is 0.0242. The minimum Gasteiger partial charge on any atom is -0.497 e. The van der Waals surface area contributed by atoms with Gasteiger partial charge < -0.3 is 24.5 Å². The molecule has 0 saturated carbocycles. The smallest absolute Gasteiger partial charge is 0.410 e. The van der Waals surface area contributed by atoms with Gasteiger partial charge in [-0.2, -0.15) is 0 Å². The maximum atomic E-state index is 13.7. The van der Waals surface area contributed by atoms with Gasteiger partial charge >= 0.3 is 6.09 Å². The number of likely N-dealkylation sites (tertiary alicyclic amines) is 1. The number of nitrogens with one attached hydrogen (secondary N) is 1. The lowest BCUT2D eigenvalue weighted by molar-refractivity contribution is -0.137. The van der Waals surface area contributed by atoms with Crippen LogP contribution in [0.4, 0.5) is 4.79 Å². The molecule has 2 aromatic rings. The van der Waals surface area contributed by atoms with Crippen molar-refractivity contribution in [2.45, 2.75) is 64.7 Å². The van der Waals surface area contributed by atoms with Crippen LogP contribution in [-0.2, 0) is 20.9 Å². The van der Waals surface area contributed by atoms with E-state index >= 15 is 0 Å². The third-order valence-electron chi connectivity index (χ3n) is 6.92. The number of hydrogen-bond donors (Lipinski definition) is 1. The van der Waals surface area contributed by atoms with E-state index in [9.17, 15) is 9.59 Å². The molecule has 2 aliphatic rings. The van der Waals surface area contributed by atoms with Crippen LogP contribution in [0.15, 0.2) is 59.8 Å². The van der Waals surface area contributed by atoms with Crippen molar-refractivity contribution < 1.29 is 23.9 Å². The lowest BCUT2D eigenvalue weighted by atomic mass is 9.72. The van der Waals surface area contributed by atoms with Gasteiger partial charge in [0.2, 0.25) is 5.91 Å². The number of methoxy groups -OCH3 is 1. The molecular weight excluding hydrogens is 470 g/mol. The van der Waals surface area contributed by atoms with Gasteiger partial charge in [0.25, 0.3) is 0 Å². The van der Waals surface area contributed by atoms with Gasteiger partial charge in [0.15, 0.2) is 0 Å². The summed E-state index contributed by atoms with van der Waals surface area (Å²) >= 11 is 0. The van der Waals surface area contributed by atoms with E-state index in [0.717, 1.165) is 22.6 Å². The molecule has 2 aliphatic heterocycles. The van der Waals surface area contributed by atoms with Gasteiger partial charge in [-0.25, -0.2) is 4.79 Å². The number of carbonyl (C=O) groups is 2. The zero-order valence-electron chi connectivity index (χ0n) is 22.2. The first-order chi connectivity index (χ1) is 17.7. The Labute approximate surface area is 219 Å². The largest absolute Gasteiger partial charge is 0.497 e. The maximum absolute atomic E-state index is 13.7. The first-order valence-corrected chi connectivity index (χ1v) is 12.8. The second kappa shape index (κ2) is 11.2. The molecule has 0 spiro atoms. The molecule has 8 nitrogen and oxygen atoms in total. The molecule has 4 rings (SSSR count). The summed E-state index contributed by atoms with van der Waals surface area (Å²) in [5.41, 5.74) is 1.68. The predicted molar refractivity (Wildman–Crippen MR) is 141 cm³/mol. The molecule has 1 N–H and O–H groups in total. The van der Waals surface area contributed by atoms with Gasteiger partial charge in [0, 0.05) is 32.5 Å². The molecule has 198 valence electrons. The molecule has 0 aliphatic carbocycles. The molecule has 2 heterocycles. The number of carbonyl (C=O) groups excluding carboxylic acids is 2. The second-order valence-electron chi connectivity index (χ2n) is 10.8. The molecule has 37 heavy (non-hydrogen) atoms. The second-order valence-corrected chi connectivity index (χ2v) is 10.8. The first kappa shape index (κ1) is 26.5. The van der Waals surface area contributed by atoms with Crippen molar-refractivity contribution in [1.82, 2.24) is 10.2 Å². The van der Waals surface area contributed by atoms with Gasteiger partial charge in [0.1, 0.15) is 17.5 Å². The van der Waals surface area contributed by atoms with Crippen LogP contribution < -0.4 is 10.1 Å². The zero-order valence-corrected chi connectivity index (χ0v) is 22.2. The molecule has 0 aromatic heterocycles. The highest BCUT2D eigenvalue weighted by Crippen LogP contribution is 2.39. The maximum Gasteiger partial charge on any atom is 0.410 e. The van der Waals surface area contributed by atoms with Crippen molar-refractivity contribution in [2.75, 3.05) is 20.2 Å². The normalized spacial score (nSPS) is 19.0. The molecule has 1 atom stereocenters. The third-order valence-corrected chi connectivity index (χ3v) is 6.92. The Morgan fingerprint density at radius 2 is 1.76 bits per heavy atom. The molecule has 0 radical (unpaired) electrons. The quantitative estimate of drug-likeness (QED) is 0.575. The van der Waals surface area contributed by atoms with Crippen LogP contribution in [0.25, 0.3) is 0 Å². The summed E-state index contributed by atoms with van der Waals surface area (Å²) in [6, 6.07) is 17.6. The van der Waals surface area contributed by atoms with Crippen molar-refractivity contribution in [1.29, 1.82) is 0 Å². The van der Waals surface area contributed by atoms with Crippen LogP contribution in [0.5, 0.6) is 5.75 Å². The standard InChI is InChI=1S/C29H37N3O5/c1-28(2,3)36-27(34)32-16-14-29(15-17-32,26(33)30-20-21-10-12-23(35-4)13-11-21)19-24-18-25(31-37-24)22-8-6-5-7-9-22/h5-13,24H,14-20H2,1-4H3,(H,30,33). The van der Waals surface area contributed by atoms with Crippen molar-refractivity contribution >= 4 is 17.7 Å². The number of oxime groups is 1. The van der Waals surface area contributed by atoms with Gasteiger partial charge in [-0.05, 0) is 56.9 Å². The summed E-state index contributed by atoms with van der Waals surface area (Å²) < 4.78 is 10.8. The number of rotatable bonds is 7. The van der Waals surface area contributed by atoms with Crippen molar-refractivity contribution in [2.24, 2.45) is 10.6 Å². The first-order valence-electron chi connectivity index (χ1n) is 12.8. The van der Waals surface area contributed by atoms with E-state index in [1.165, 1.54) is 0 Å². The van der Waals surface area contributed by atoms with Crippen LogP contribution in [-0.4, -0.2) is 54.5 Å². The molecule has 0 bridgehead atoms. The predicted octanol–water partition coefficient (Wildman–Crippen LogP) is 4.91. The highest BCUT2D eigenvalue weighted by molar-refractivity contribution is 6.01. The fourth-order valence-corrected chi connectivity index (χ4v) is 4.86. The van der Waals surface area contributed by atoms with Crippen LogP contribution >= 0.6 is 0 Å². The number of ether oxygens (including phenoxy) is 2. The monoisotopic (exact) mass is 507 g/mol. The van der Waals surface area contributed by atoms with Crippen molar-refractivity contribution in [3.05, 3.63) is 65.7 Å². The SMILES string of the molecule is COc1ccc(CNC(=O)C2(CC3CC(c4ccccc4)=NO3)CCN(C(=O)OC(C)(C)C)CC2)cc1. The van der Waals surface area contributed by atoms with Crippen LogP contribution in [0.1, 0.15) is 57.6 Å². The van der Waals surface area contributed by atoms with E-state index in [1.807, 2.05) is 75.4 Å². The van der Waals surface area contributed by atoms with Gasteiger partial charge in [-0.1, -0.05) is 47.6 Å². The Hall–Kier alpha value is -3.55. The number of hydrogen-bond acceptors (Lipinski definition) is 6. The summed E-state index contributed by atoms with van der Waals surface area (Å²) in [6.45, 7) is 6.88. The molecule has 2 aromatic carbocycles. The summed E-state index contributed by atoms with van der Waals surface area (Å²) in [5.74, 6) is 0.748. The van der Waals surface area contributed by atoms with E-state index in [1.54, 1.807) is 12.0 Å². The van der Waals surface area contributed by atoms with E-state index < -0.39 is 11.0 Å². The number of nitrogens with zero attached hydrogens (tertiary/aromatic N) is 2. The number of amides is 2. The molecule has 1 unspecified atom stereocenters. The lowest BCUT2D eigenvalue weighted by Crippen LogP contribution is -2.52. The van der Waals surface area contributed by atoms with Crippen molar-refractivity contribution in [3.8, 4) is 5.75 Å². The van der Waals surface area contributed by atoms with Crippen molar-refractivity contribution in [3.63, 3.8) is 0 Å². The Bertz CT molecular complexity index is 1100. The van der Waals surface area contributed by atoms with E-state index in [0.29, 0.717) is 45.3 Å². The van der Waals surface area contributed by atoms with E-state index in [2.05, 4.69) is 10.5 Å². The molecular formula is C29H37N3O5. The number of benzene rings is 2. The van der Waals surface area contributed by atoms with Gasteiger partial charge in [-0.3, -0.25) is 4.79 Å². The Morgan fingerprint density at radius 3 is 2.38 bits per heavy atom. The summed E-state index contributed by atoms with van der Waals surface area (Å²) in [6.07, 6.45) is 1.70. The highest BCUT2D eigenvalue weighted by atomic mass is 16.6. The summed E-state index contributed by atoms with van der Waals surface area (Å²) in [7, 11) is 1.63. The highest BCUT2D eigenvalue weighted by Gasteiger charge is 2.45. The van der Waals surface area contributed by atoms with Crippen LogP contribution in [0.3, 0.4) is 0 Å². The Kier molecular flexibility index (Phi) is 8.05. The fraction of sp³-hybridized carbons (Fsp3) is 0.483. The fourth-order valence-electron chi connectivity index (χ4n) is 4.86. The summed E-state index contributed by atoms with van der Waals surface area (Å²) in [4.78, 5) is 33.9. The average Bonchev–Trinajstić information content (AvgIpc) is 3.35. The summed E-state index contributed by atoms with van der Waals surface area (Å²) in [5, 5.41) is 7.46. The molecule has 2 amide bonds. The van der Waals surface area contributed by atoms with Crippen LogP contribution in [0.2, 0.25) is 0 Å². The molecule has 1 saturated heterocycles. The van der Waals surface area contributed by atoms with E-state index in [-0.39, 0.29) is 18.1 Å². The van der Waals surface area contributed by atoms with Crippen LogP contribution in [0, 0.1) is 5.41 Å². The van der Waals surface area contributed by atoms with Gasteiger partial charge in [-0.15, -0.1) is 0 Å². The minimum atomic E-state index is -0.669. The van der Waals surface area contributed by atoms with E-state index in [4.69, 9.17) is 14.3 Å². The van der Waals surface area contributed by atoms with Gasteiger partial charge in [0.05, 0.1) is 18.2 Å². The topological polar surface area (TPSA) is 89.5 Å².